The number of ether oxygens (including phenoxy) is 2. The number of carbonyl (C=O) groups is 1. The molecule has 0 unspecified atom stereocenters. The average Bonchev–Trinajstić information content (AvgIpc) is 2.57. The Balaban J connectivity index is 0.00000529. The maximum absolute atomic E-state index is 10.5. The maximum atomic E-state index is 10.5. The molecule has 12 heteroatoms. The third-order valence-electron chi connectivity index (χ3n) is 3.53. The van der Waals surface area contributed by atoms with E-state index in [0.29, 0.717) is 0 Å². The maximum Gasteiger partial charge on any atom is 0.187 e. The van der Waals surface area contributed by atoms with E-state index < -0.39 is 68.3 Å². The topological polar surface area (TPSA) is 229 Å². The molecule has 24 heavy (non-hydrogen) atoms. The molecule has 1 rings (SSSR count). The van der Waals surface area contributed by atoms with Crippen LogP contribution in [0.3, 0.4) is 0 Å². The third-order valence-corrected chi connectivity index (χ3v) is 3.53. The molecule has 12 nitrogen and oxygen atoms in total. The summed E-state index contributed by atoms with van der Waals surface area (Å²) in [5.74, 6) is 0. The Labute approximate surface area is 136 Å². The van der Waals surface area contributed by atoms with Crippen LogP contribution in [0, 0.1) is 0 Å². The van der Waals surface area contributed by atoms with E-state index in [9.17, 15) is 35.4 Å². The van der Waals surface area contributed by atoms with Gasteiger partial charge in [-0.25, -0.2) is 0 Å². The Hall–Kier alpha value is -0.770. The monoisotopic (exact) mass is 360 g/mol. The molecule has 10 N–H and O–H groups in total. The van der Waals surface area contributed by atoms with E-state index in [4.69, 9.17) is 19.7 Å². The van der Waals surface area contributed by atoms with Gasteiger partial charge in [0.25, 0.3) is 0 Å². The summed E-state index contributed by atoms with van der Waals surface area (Å²) >= 11 is 0. The van der Waals surface area contributed by atoms with Crippen LogP contribution in [0.25, 0.3) is 0 Å². The van der Waals surface area contributed by atoms with E-state index in [1.165, 1.54) is 0 Å². The van der Waals surface area contributed by atoms with Crippen LogP contribution in [0.1, 0.15) is 0 Å². The Morgan fingerprint density at radius 3 is 2.08 bits per heavy atom. The highest BCUT2D eigenvalue weighted by atomic mass is 16.7. The van der Waals surface area contributed by atoms with Crippen LogP contribution in [0.5, 0.6) is 0 Å². The Bertz CT molecular complexity index is 366. The highest BCUT2D eigenvalue weighted by Gasteiger charge is 2.46. The fraction of sp³-hybridized carbons (Fsp3) is 0.917. The van der Waals surface area contributed by atoms with Crippen molar-refractivity contribution >= 4 is 6.29 Å². The highest BCUT2D eigenvalue weighted by molar-refractivity contribution is 5.56. The van der Waals surface area contributed by atoms with Gasteiger partial charge in [-0.2, -0.15) is 0 Å². The second kappa shape index (κ2) is 10.3. The van der Waals surface area contributed by atoms with E-state index in [0.717, 1.165) is 0 Å². The van der Waals surface area contributed by atoms with E-state index >= 15 is 0 Å². The number of hydrogen-bond donors (Lipinski definition) is 8. The second-order valence-electron chi connectivity index (χ2n) is 5.17. The Morgan fingerprint density at radius 1 is 1.04 bits per heavy atom. The molecule has 0 saturated carbocycles. The summed E-state index contributed by atoms with van der Waals surface area (Å²) in [4.78, 5) is 10.5. The molecular weight excluding hydrogens is 336 g/mol. The fourth-order valence-corrected chi connectivity index (χ4v) is 2.11. The van der Waals surface area contributed by atoms with Crippen LogP contribution in [0.15, 0.2) is 0 Å². The quantitative estimate of drug-likeness (QED) is 0.190. The molecule has 0 aliphatic carbocycles. The molecule has 1 aliphatic rings. The van der Waals surface area contributed by atoms with Crippen LogP contribution in [-0.2, 0) is 14.3 Å². The largest absolute Gasteiger partial charge is 0.412 e. The van der Waals surface area contributed by atoms with Gasteiger partial charge in [0, 0.05) is 0 Å². The van der Waals surface area contributed by atoms with E-state index in [1.54, 1.807) is 0 Å². The van der Waals surface area contributed by atoms with Crippen molar-refractivity contribution < 1.29 is 60.6 Å². The van der Waals surface area contributed by atoms with Gasteiger partial charge in [0.2, 0.25) is 0 Å². The van der Waals surface area contributed by atoms with E-state index in [-0.39, 0.29) is 11.8 Å². The van der Waals surface area contributed by atoms with Crippen molar-refractivity contribution in [2.24, 2.45) is 0 Å². The van der Waals surface area contributed by atoms with Gasteiger partial charge in [0.05, 0.1) is 13.2 Å². The van der Waals surface area contributed by atoms with Crippen LogP contribution in [-0.4, -0.2) is 121 Å². The zero-order chi connectivity index (χ0) is 17.7. The van der Waals surface area contributed by atoms with Crippen LogP contribution >= 0.6 is 0 Å². The molecule has 0 aromatic carbocycles. The van der Waals surface area contributed by atoms with Gasteiger partial charge in [-0.3, -0.25) is 0 Å². The van der Waals surface area contributed by atoms with Gasteiger partial charge in [0.1, 0.15) is 48.8 Å². The summed E-state index contributed by atoms with van der Waals surface area (Å²) in [5.41, 5.74) is 0. The zero-order valence-electron chi connectivity index (χ0n) is 12.5. The Kier molecular flexibility index (Phi) is 9.94. The average molecular weight is 360 g/mol. The van der Waals surface area contributed by atoms with E-state index in [1.807, 2.05) is 0 Å². The first kappa shape index (κ1) is 23.2. The number of aliphatic hydroxyl groups excluding tert-OH is 8. The number of rotatable bonds is 8. The predicted octanol–water partition coefficient (Wildman–Crippen LogP) is -6.38. The molecule has 1 fully saturated rings. The first-order chi connectivity index (χ1) is 10.8. The van der Waals surface area contributed by atoms with Crippen molar-refractivity contribution in [2.45, 2.75) is 55.1 Å². The molecule has 0 amide bonds. The molecule has 0 aromatic heterocycles. The number of hydrogen-bond acceptors (Lipinski definition) is 11. The number of aldehydes is 1. The van der Waals surface area contributed by atoms with Gasteiger partial charge in [-0.15, -0.1) is 0 Å². The smallest absolute Gasteiger partial charge is 0.187 e. The van der Waals surface area contributed by atoms with Crippen LogP contribution in [0.4, 0.5) is 0 Å². The number of carbonyl (C=O) groups excluding carboxylic acids is 1. The summed E-state index contributed by atoms with van der Waals surface area (Å²) in [6, 6.07) is 0. The molecule has 0 bridgehead atoms. The SMILES string of the molecule is O.O=C[C@H](O)[C@@H](O)[C@H](O[C@H]1O[C@H](CO)[C@H](O)[C@H](O)[C@H]1O)[C@H](O)CO. The van der Waals surface area contributed by atoms with Crippen LogP contribution < -0.4 is 0 Å². The lowest BCUT2D eigenvalue weighted by atomic mass is 9.98. The first-order valence-electron chi connectivity index (χ1n) is 6.84. The minimum Gasteiger partial charge on any atom is -0.412 e. The Morgan fingerprint density at radius 2 is 1.62 bits per heavy atom. The molecule has 1 aliphatic heterocycles. The van der Waals surface area contributed by atoms with Crippen molar-refractivity contribution in [3.05, 3.63) is 0 Å². The minimum atomic E-state index is -1.97. The first-order valence-corrected chi connectivity index (χ1v) is 6.84. The molecule has 0 radical (unpaired) electrons. The lowest BCUT2D eigenvalue weighted by Crippen LogP contribution is -2.61. The van der Waals surface area contributed by atoms with Gasteiger partial charge in [0.15, 0.2) is 12.6 Å². The second-order valence-corrected chi connectivity index (χ2v) is 5.17. The normalized spacial score (nSPS) is 35.4. The fourth-order valence-electron chi connectivity index (χ4n) is 2.11. The van der Waals surface area contributed by atoms with Gasteiger partial charge in [-0.05, 0) is 0 Å². The van der Waals surface area contributed by atoms with Crippen molar-refractivity contribution in [2.75, 3.05) is 13.2 Å². The van der Waals surface area contributed by atoms with Crippen molar-refractivity contribution in [1.29, 1.82) is 0 Å². The summed E-state index contributed by atoms with van der Waals surface area (Å²) in [7, 11) is 0. The van der Waals surface area contributed by atoms with Gasteiger partial charge < -0.3 is 60.6 Å². The van der Waals surface area contributed by atoms with Crippen molar-refractivity contribution in [1.82, 2.24) is 0 Å². The highest BCUT2D eigenvalue weighted by Crippen LogP contribution is 2.24. The minimum absolute atomic E-state index is 0. The lowest BCUT2D eigenvalue weighted by Gasteiger charge is -2.42. The lowest BCUT2D eigenvalue weighted by molar-refractivity contribution is -0.326. The molecule has 0 spiro atoms. The third kappa shape index (κ3) is 5.11. The van der Waals surface area contributed by atoms with Gasteiger partial charge >= 0.3 is 0 Å². The molecular formula is C12H24O12. The van der Waals surface area contributed by atoms with Crippen LogP contribution in [0.2, 0.25) is 0 Å². The zero-order valence-corrected chi connectivity index (χ0v) is 12.5. The summed E-state index contributed by atoms with van der Waals surface area (Å²) < 4.78 is 10.1. The molecule has 1 saturated heterocycles. The standard InChI is InChI=1S/C12H22O11.H2O/c13-1-4(16)7(18)11(5(17)2-14)23-12-10(21)9(20)8(19)6(3-15)22-12;/h1,4-12,14-21H,2-3H2;1H2/t4-,5+,6+,7+,8-,9-,10+,11+,12+;/m0./s1. The molecule has 144 valence electrons. The van der Waals surface area contributed by atoms with Crippen molar-refractivity contribution in [3.63, 3.8) is 0 Å². The summed E-state index contributed by atoms with van der Waals surface area (Å²) in [5, 5.41) is 75.7. The predicted molar refractivity (Wildman–Crippen MR) is 73.4 cm³/mol. The molecule has 0 aromatic rings. The number of aliphatic hydroxyl groups is 8. The van der Waals surface area contributed by atoms with Crippen molar-refractivity contribution in [3.8, 4) is 0 Å². The van der Waals surface area contributed by atoms with E-state index in [2.05, 4.69) is 0 Å². The van der Waals surface area contributed by atoms with Gasteiger partial charge in [-0.1, -0.05) is 0 Å². The molecule has 1 heterocycles. The molecule has 9 atom stereocenters. The summed E-state index contributed by atoms with van der Waals surface area (Å²) in [6.45, 7) is -1.64. The summed E-state index contributed by atoms with van der Waals surface area (Å²) in [6.07, 6.45) is -15.7.